The van der Waals surface area contributed by atoms with Crippen LogP contribution in [0.4, 0.5) is 0 Å². The minimum atomic E-state index is -0.155. The molecular formula is C15H18N4O2. The maximum atomic E-state index is 11.8. The number of aromatic nitrogens is 4. The van der Waals surface area contributed by atoms with E-state index in [0.717, 1.165) is 12.1 Å². The van der Waals surface area contributed by atoms with Gasteiger partial charge in [-0.05, 0) is 47.0 Å². The first-order valence-electron chi connectivity index (χ1n) is 7.35. The first kappa shape index (κ1) is 13.7. The molecule has 0 radical (unpaired) electrons. The molecule has 1 aliphatic rings. The van der Waals surface area contributed by atoms with Crippen LogP contribution in [0.15, 0.2) is 30.6 Å². The molecule has 0 aliphatic heterocycles. The molecule has 1 fully saturated rings. The Bertz CT molecular complexity index is 574. The van der Waals surface area contributed by atoms with Gasteiger partial charge in [-0.15, -0.1) is 5.10 Å². The molecular weight excluding hydrogens is 268 g/mol. The van der Waals surface area contributed by atoms with Crippen LogP contribution >= 0.6 is 0 Å². The summed E-state index contributed by atoms with van der Waals surface area (Å²) in [6, 6.07) is 7.14. The minimum absolute atomic E-state index is 0.155. The summed E-state index contributed by atoms with van der Waals surface area (Å²) in [5.41, 5.74) is 0.825. The molecule has 3 rings (SSSR count). The van der Waals surface area contributed by atoms with Gasteiger partial charge in [0.25, 0.3) is 0 Å². The SMILES string of the molecule is O=C(CCC1CCCC1)Oc1ccc(-n2cnnn2)cc1. The van der Waals surface area contributed by atoms with Crippen molar-refractivity contribution in [1.82, 2.24) is 20.2 Å². The standard InChI is InChI=1S/C15H18N4O2/c20-15(10-5-12-3-1-2-4-12)21-14-8-6-13(7-9-14)19-11-16-17-18-19/h6-9,11-12H,1-5,10H2. The van der Waals surface area contributed by atoms with E-state index in [2.05, 4.69) is 15.5 Å². The molecule has 110 valence electrons. The van der Waals surface area contributed by atoms with Crippen molar-refractivity contribution < 1.29 is 9.53 Å². The molecule has 0 atom stereocenters. The van der Waals surface area contributed by atoms with Gasteiger partial charge in [0.1, 0.15) is 12.1 Å². The Morgan fingerprint density at radius 3 is 2.67 bits per heavy atom. The van der Waals surface area contributed by atoms with Crippen LogP contribution in [0, 0.1) is 5.92 Å². The number of hydrogen-bond acceptors (Lipinski definition) is 5. The molecule has 1 aliphatic carbocycles. The summed E-state index contributed by atoms with van der Waals surface area (Å²) in [5.74, 6) is 1.11. The molecule has 1 heterocycles. The molecule has 0 amide bonds. The third-order valence-electron chi connectivity index (χ3n) is 3.91. The maximum Gasteiger partial charge on any atom is 0.311 e. The minimum Gasteiger partial charge on any atom is -0.427 e. The fourth-order valence-electron chi connectivity index (χ4n) is 2.75. The molecule has 1 aromatic heterocycles. The number of hydrogen-bond donors (Lipinski definition) is 0. The van der Waals surface area contributed by atoms with Crippen LogP contribution in [0.5, 0.6) is 5.75 Å². The Morgan fingerprint density at radius 1 is 1.24 bits per heavy atom. The van der Waals surface area contributed by atoms with Crippen molar-refractivity contribution in [3.05, 3.63) is 30.6 Å². The van der Waals surface area contributed by atoms with Crippen LogP contribution in [0.25, 0.3) is 5.69 Å². The van der Waals surface area contributed by atoms with Gasteiger partial charge in [0, 0.05) is 6.42 Å². The van der Waals surface area contributed by atoms with E-state index in [-0.39, 0.29) is 5.97 Å². The van der Waals surface area contributed by atoms with E-state index in [4.69, 9.17) is 4.74 Å². The number of ether oxygens (including phenoxy) is 1. The molecule has 6 heteroatoms. The van der Waals surface area contributed by atoms with Crippen LogP contribution < -0.4 is 4.74 Å². The van der Waals surface area contributed by atoms with Crippen LogP contribution in [0.2, 0.25) is 0 Å². The Labute approximate surface area is 123 Å². The number of benzene rings is 1. The summed E-state index contributed by atoms with van der Waals surface area (Å²) in [6.07, 6.45) is 8.09. The summed E-state index contributed by atoms with van der Waals surface area (Å²) < 4.78 is 6.89. The van der Waals surface area contributed by atoms with Crippen molar-refractivity contribution in [2.45, 2.75) is 38.5 Å². The second kappa shape index (κ2) is 6.47. The number of tetrazole rings is 1. The van der Waals surface area contributed by atoms with E-state index in [9.17, 15) is 4.79 Å². The van der Waals surface area contributed by atoms with E-state index in [0.29, 0.717) is 18.1 Å². The van der Waals surface area contributed by atoms with Gasteiger partial charge >= 0.3 is 5.97 Å². The summed E-state index contributed by atoms with van der Waals surface area (Å²) in [6.45, 7) is 0. The van der Waals surface area contributed by atoms with E-state index in [1.807, 2.05) is 12.1 Å². The average molecular weight is 286 g/mol. The monoisotopic (exact) mass is 286 g/mol. The Morgan fingerprint density at radius 2 is 2.00 bits per heavy atom. The summed E-state index contributed by atoms with van der Waals surface area (Å²) in [7, 11) is 0. The second-order valence-electron chi connectivity index (χ2n) is 5.41. The van der Waals surface area contributed by atoms with Gasteiger partial charge in [-0.2, -0.15) is 0 Å². The molecule has 0 unspecified atom stereocenters. The van der Waals surface area contributed by atoms with Gasteiger partial charge < -0.3 is 4.74 Å². The molecule has 21 heavy (non-hydrogen) atoms. The van der Waals surface area contributed by atoms with Crippen molar-refractivity contribution in [2.75, 3.05) is 0 Å². The maximum absolute atomic E-state index is 11.8. The second-order valence-corrected chi connectivity index (χ2v) is 5.41. The Balaban J connectivity index is 1.51. The molecule has 6 nitrogen and oxygen atoms in total. The number of nitrogens with zero attached hydrogens (tertiary/aromatic N) is 4. The highest BCUT2D eigenvalue weighted by Gasteiger charge is 2.16. The number of carbonyl (C=O) groups is 1. The largest absolute Gasteiger partial charge is 0.427 e. The quantitative estimate of drug-likeness (QED) is 0.624. The molecule has 0 spiro atoms. The predicted molar refractivity (Wildman–Crippen MR) is 76.0 cm³/mol. The lowest BCUT2D eigenvalue weighted by molar-refractivity contribution is -0.134. The Hall–Kier alpha value is -2.24. The molecule has 2 aromatic rings. The fourth-order valence-corrected chi connectivity index (χ4v) is 2.75. The molecule has 1 aromatic carbocycles. The molecule has 1 saturated carbocycles. The van der Waals surface area contributed by atoms with Crippen LogP contribution in [0.1, 0.15) is 38.5 Å². The van der Waals surface area contributed by atoms with Gasteiger partial charge in [-0.1, -0.05) is 25.7 Å². The topological polar surface area (TPSA) is 69.9 Å². The zero-order valence-corrected chi connectivity index (χ0v) is 11.8. The average Bonchev–Trinajstić information content (AvgIpc) is 3.19. The molecule has 0 N–H and O–H groups in total. The van der Waals surface area contributed by atoms with Crippen LogP contribution in [0.3, 0.4) is 0 Å². The number of esters is 1. The highest BCUT2D eigenvalue weighted by molar-refractivity contribution is 5.72. The van der Waals surface area contributed by atoms with E-state index >= 15 is 0 Å². The normalized spacial score (nSPS) is 15.2. The lowest BCUT2D eigenvalue weighted by Gasteiger charge is -2.08. The summed E-state index contributed by atoms with van der Waals surface area (Å²) >= 11 is 0. The van der Waals surface area contributed by atoms with Gasteiger partial charge in [0.2, 0.25) is 0 Å². The number of carbonyl (C=O) groups excluding carboxylic acids is 1. The van der Waals surface area contributed by atoms with Gasteiger partial charge in [-0.3, -0.25) is 4.79 Å². The third-order valence-corrected chi connectivity index (χ3v) is 3.91. The van der Waals surface area contributed by atoms with Crippen molar-refractivity contribution in [1.29, 1.82) is 0 Å². The highest BCUT2D eigenvalue weighted by Crippen LogP contribution is 2.28. The highest BCUT2D eigenvalue weighted by atomic mass is 16.5. The van der Waals surface area contributed by atoms with Gasteiger partial charge in [0.05, 0.1) is 5.69 Å². The lowest BCUT2D eigenvalue weighted by atomic mass is 10.0. The van der Waals surface area contributed by atoms with Crippen molar-refractivity contribution in [2.24, 2.45) is 5.92 Å². The van der Waals surface area contributed by atoms with Gasteiger partial charge in [-0.25, -0.2) is 4.68 Å². The zero-order chi connectivity index (χ0) is 14.5. The van der Waals surface area contributed by atoms with Crippen molar-refractivity contribution >= 4 is 5.97 Å². The number of rotatable bonds is 5. The smallest absolute Gasteiger partial charge is 0.311 e. The van der Waals surface area contributed by atoms with E-state index < -0.39 is 0 Å². The third kappa shape index (κ3) is 3.65. The van der Waals surface area contributed by atoms with E-state index in [1.54, 1.807) is 16.8 Å². The predicted octanol–water partition coefficient (Wildman–Crippen LogP) is 2.54. The summed E-state index contributed by atoms with van der Waals surface area (Å²) in [5, 5.41) is 11.0. The zero-order valence-electron chi connectivity index (χ0n) is 11.8. The first-order chi connectivity index (χ1) is 10.3. The molecule has 0 saturated heterocycles. The van der Waals surface area contributed by atoms with Crippen LogP contribution in [-0.4, -0.2) is 26.2 Å². The lowest BCUT2D eigenvalue weighted by Crippen LogP contribution is -2.09. The van der Waals surface area contributed by atoms with E-state index in [1.165, 1.54) is 32.0 Å². The first-order valence-corrected chi connectivity index (χ1v) is 7.35. The van der Waals surface area contributed by atoms with Crippen molar-refractivity contribution in [3.8, 4) is 11.4 Å². The summed E-state index contributed by atoms with van der Waals surface area (Å²) in [4.78, 5) is 11.8. The Kier molecular flexibility index (Phi) is 4.23. The van der Waals surface area contributed by atoms with Gasteiger partial charge in [0.15, 0.2) is 0 Å². The van der Waals surface area contributed by atoms with Crippen molar-refractivity contribution in [3.63, 3.8) is 0 Å². The fraction of sp³-hybridized carbons (Fsp3) is 0.467. The molecule has 0 bridgehead atoms. The van der Waals surface area contributed by atoms with Crippen LogP contribution in [-0.2, 0) is 4.79 Å².